The van der Waals surface area contributed by atoms with Gasteiger partial charge in [-0.05, 0) is 44.2 Å². The van der Waals surface area contributed by atoms with Crippen LogP contribution in [-0.2, 0) is 4.74 Å². The number of rotatable bonds is 5. The molecule has 1 aliphatic heterocycles. The Balaban J connectivity index is 1.30. The van der Waals surface area contributed by atoms with Gasteiger partial charge in [0, 0.05) is 18.7 Å². The summed E-state index contributed by atoms with van der Waals surface area (Å²) in [5, 5.41) is 10.2. The van der Waals surface area contributed by atoms with Gasteiger partial charge in [-0.3, -0.25) is 9.89 Å². The number of hydrogen-bond acceptors (Lipinski definition) is 4. The van der Waals surface area contributed by atoms with Crippen molar-refractivity contribution < 1.29 is 9.53 Å². The van der Waals surface area contributed by atoms with Crippen molar-refractivity contribution >= 4 is 5.91 Å². The maximum atomic E-state index is 12.1. The Kier molecular flexibility index (Phi) is 3.65. The van der Waals surface area contributed by atoms with E-state index in [4.69, 9.17) is 4.74 Å². The van der Waals surface area contributed by atoms with Crippen LogP contribution in [-0.4, -0.2) is 38.7 Å². The number of aromatic amines is 2. The van der Waals surface area contributed by atoms with Crippen LogP contribution in [0.25, 0.3) is 0 Å². The molecule has 0 unspecified atom stereocenters. The first-order valence-corrected chi connectivity index (χ1v) is 8.20. The minimum atomic E-state index is -0.0877. The molecule has 3 heterocycles. The van der Waals surface area contributed by atoms with Crippen LogP contribution in [0.3, 0.4) is 0 Å². The van der Waals surface area contributed by atoms with Crippen molar-refractivity contribution in [1.82, 2.24) is 25.5 Å². The fraction of sp³-hybridized carbons (Fsp3) is 0.562. The molecule has 0 spiro atoms. The zero-order chi connectivity index (χ0) is 15.8. The molecule has 7 nitrogen and oxygen atoms in total. The lowest BCUT2D eigenvalue weighted by Gasteiger charge is -2.13. The maximum absolute atomic E-state index is 12.1. The number of hydrogen-bond donors (Lipinski definition) is 3. The second kappa shape index (κ2) is 5.81. The number of ether oxygens (including phenoxy) is 1. The Labute approximate surface area is 134 Å². The number of nitrogens with one attached hydrogen (secondary N) is 3. The summed E-state index contributed by atoms with van der Waals surface area (Å²) in [4.78, 5) is 19.6. The summed E-state index contributed by atoms with van der Waals surface area (Å²) >= 11 is 0. The van der Waals surface area contributed by atoms with Crippen LogP contribution in [0.2, 0.25) is 0 Å². The highest BCUT2D eigenvalue weighted by molar-refractivity contribution is 5.93. The molecule has 7 heteroatoms. The lowest BCUT2D eigenvalue weighted by Crippen LogP contribution is -2.32. The van der Waals surface area contributed by atoms with E-state index in [-0.39, 0.29) is 18.1 Å². The van der Waals surface area contributed by atoms with Gasteiger partial charge in [-0.2, -0.15) is 5.10 Å². The molecular weight excluding hydrogens is 294 g/mol. The fourth-order valence-electron chi connectivity index (χ4n) is 3.00. The van der Waals surface area contributed by atoms with E-state index >= 15 is 0 Å². The number of amides is 1. The van der Waals surface area contributed by atoms with E-state index < -0.39 is 0 Å². The number of aromatic nitrogens is 4. The third-order valence-electron chi connectivity index (χ3n) is 4.55. The summed E-state index contributed by atoms with van der Waals surface area (Å²) < 4.78 is 6.00. The van der Waals surface area contributed by atoms with Gasteiger partial charge in [0.05, 0.1) is 6.10 Å². The van der Waals surface area contributed by atoms with E-state index in [1.165, 1.54) is 12.8 Å². The van der Waals surface area contributed by atoms with Gasteiger partial charge < -0.3 is 15.0 Å². The van der Waals surface area contributed by atoms with E-state index in [1.54, 1.807) is 6.20 Å². The van der Waals surface area contributed by atoms with E-state index in [0.717, 1.165) is 30.1 Å². The molecule has 1 saturated carbocycles. The lowest BCUT2D eigenvalue weighted by molar-refractivity contribution is 0.0391. The molecule has 0 bridgehead atoms. The van der Waals surface area contributed by atoms with Crippen molar-refractivity contribution in [1.29, 1.82) is 0 Å². The first-order chi connectivity index (χ1) is 11.2. The summed E-state index contributed by atoms with van der Waals surface area (Å²) in [6.07, 6.45) is 5.95. The predicted molar refractivity (Wildman–Crippen MR) is 83.1 cm³/mol. The molecule has 2 atom stereocenters. The molecule has 1 saturated heterocycles. The standard InChI is InChI=1S/C16H21N5O2/c1-9-6-7-17-13(9)16(22)18-8-11-4-5-12(23-11)15-19-14(20-21-15)10-2-3-10/h6-7,10-12,17H,2-5,8H2,1H3,(H,18,22)(H,19,20,21)/t11-,12+/m1/s1. The topological polar surface area (TPSA) is 95.7 Å². The molecule has 0 aromatic carbocycles. The van der Waals surface area contributed by atoms with Crippen LogP contribution in [0.15, 0.2) is 12.3 Å². The number of carbonyl (C=O) groups is 1. The Morgan fingerprint density at radius 3 is 3.00 bits per heavy atom. The van der Waals surface area contributed by atoms with Gasteiger partial charge in [0.15, 0.2) is 11.6 Å². The van der Waals surface area contributed by atoms with Gasteiger partial charge in [0.1, 0.15) is 11.8 Å². The van der Waals surface area contributed by atoms with Crippen molar-refractivity contribution in [3.05, 3.63) is 35.2 Å². The molecule has 2 fully saturated rings. The van der Waals surface area contributed by atoms with Crippen molar-refractivity contribution in [2.75, 3.05) is 6.54 Å². The van der Waals surface area contributed by atoms with Gasteiger partial charge >= 0.3 is 0 Å². The first kappa shape index (κ1) is 14.4. The average Bonchev–Trinajstić information content (AvgIpc) is 2.96. The molecule has 3 N–H and O–H groups in total. The first-order valence-electron chi connectivity index (χ1n) is 8.20. The zero-order valence-corrected chi connectivity index (χ0v) is 13.1. The maximum Gasteiger partial charge on any atom is 0.268 e. The molecule has 1 aliphatic carbocycles. The van der Waals surface area contributed by atoms with Crippen LogP contribution < -0.4 is 5.32 Å². The molecule has 1 amide bonds. The second-order valence-corrected chi connectivity index (χ2v) is 6.42. The van der Waals surface area contributed by atoms with E-state index in [9.17, 15) is 4.79 Å². The highest BCUT2D eigenvalue weighted by Crippen LogP contribution is 2.39. The van der Waals surface area contributed by atoms with Gasteiger partial charge in [-0.15, -0.1) is 0 Å². The molecule has 2 aromatic heterocycles. The summed E-state index contributed by atoms with van der Waals surface area (Å²) in [6, 6.07) is 1.89. The minimum absolute atomic E-state index is 0.0219. The van der Waals surface area contributed by atoms with E-state index in [1.807, 2.05) is 13.0 Å². The van der Waals surface area contributed by atoms with Gasteiger partial charge in [-0.25, -0.2) is 4.98 Å². The third kappa shape index (κ3) is 3.01. The summed E-state index contributed by atoms with van der Waals surface area (Å²) in [5.74, 6) is 2.19. The average molecular weight is 315 g/mol. The zero-order valence-electron chi connectivity index (χ0n) is 13.1. The normalized spacial score (nSPS) is 24.0. The fourth-order valence-corrected chi connectivity index (χ4v) is 3.00. The molecular formula is C16H21N5O2. The number of aryl methyl sites for hydroxylation is 1. The van der Waals surface area contributed by atoms with Gasteiger partial charge in [-0.1, -0.05) is 0 Å². The molecule has 2 aliphatic rings. The number of nitrogens with zero attached hydrogens (tertiary/aromatic N) is 2. The molecule has 122 valence electrons. The van der Waals surface area contributed by atoms with Crippen molar-refractivity contribution in [2.24, 2.45) is 0 Å². The summed E-state index contributed by atoms with van der Waals surface area (Å²) in [6.45, 7) is 2.42. The lowest BCUT2D eigenvalue weighted by atomic mass is 10.2. The summed E-state index contributed by atoms with van der Waals surface area (Å²) in [5.41, 5.74) is 1.56. The second-order valence-electron chi connectivity index (χ2n) is 6.42. The Morgan fingerprint density at radius 1 is 1.39 bits per heavy atom. The monoisotopic (exact) mass is 315 g/mol. The molecule has 23 heavy (non-hydrogen) atoms. The highest BCUT2D eigenvalue weighted by atomic mass is 16.5. The Hall–Kier alpha value is -2.15. The van der Waals surface area contributed by atoms with Gasteiger partial charge in [0.2, 0.25) is 0 Å². The number of H-pyrrole nitrogens is 2. The van der Waals surface area contributed by atoms with Crippen LogP contribution in [0, 0.1) is 6.92 Å². The van der Waals surface area contributed by atoms with E-state index in [2.05, 4.69) is 25.5 Å². The van der Waals surface area contributed by atoms with E-state index in [0.29, 0.717) is 18.2 Å². The molecule has 2 aromatic rings. The quantitative estimate of drug-likeness (QED) is 0.786. The van der Waals surface area contributed by atoms with Crippen molar-refractivity contribution in [2.45, 2.75) is 50.7 Å². The predicted octanol–water partition coefficient (Wildman–Crippen LogP) is 1.97. The number of carbonyl (C=O) groups excluding carboxylic acids is 1. The van der Waals surface area contributed by atoms with Crippen LogP contribution in [0.1, 0.15) is 65.4 Å². The van der Waals surface area contributed by atoms with Crippen molar-refractivity contribution in [3.63, 3.8) is 0 Å². The Morgan fingerprint density at radius 2 is 2.26 bits per heavy atom. The Bertz CT molecular complexity index is 703. The largest absolute Gasteiger partial charge is 0.365 e. The third-order valence-corrected chi connectivity index (χ3v) is 4.55. The highest BCUT2D eigenvalue weighted by Gasteiger charge is 2.32. The van der Waals surface area contributed by atoms with Gasteiger partial charge in [0.25, 0.3) is 5.91 Å². The van der Waals surface area contributed by atoms with Crippen LogP contribution in [0.5, 0.6) is 0 Å². The van der Waals surface area contributed by atoms with Crippen molar-refractivity contribution in [3.8, 4) is 0 Å². The molecule has 0 radical (unpaired) electrons. The molecule has 4 rings (SSSR count). The SMILES string of the molecule is Cc1cc[nH]c1C(=O)NC[C@H]1CC[C@@H](c2nc(C3CC3)n[nH]2)O1. The van der Waals surface area contributed by atoms with Crippen LogP contribution >= 0.6 is 0 Å². The summed E-state index contributed by atoms with van der Waals surface area (Å²) in [7, 11) is 0. The smallest absolute Gasteiger partial charge is 0.268 e. The minimum Gasteiger partial charge on any atom is -0.365 e. The van der Waals surface area contributed by atoms with Crippen LogP contribution in [0.4, 0.5) is 0 Å².